The standard InChI is InChI=1S/C17H21N3O5/c1-3-18-15(21)10-20(4-2)16(22)11-24-17(23)9-13-12-7-5-6-8-14(12)25-19-13/h5-8H,3-4,9-11H2,1-2H3,(H,18,21). The molecule has 1 aromatic carbocycles. The van der Waals surface area contributed by atoms with Crippen LogP contribution in [0.5, 0.6) is 0 Å². The van der Waals surface area contributed by atoms with Gasteiger partial charge >= 0.3 is 5.97 Å². The van der Waals surface area contributed by atoms with Gasteiger partial charge in [-0.25, -0.2) is 0 Å². The molecular weight excluding hydrogens is 326 g/mol. The zero-order valence-electron chi connectivity index (χ0n) is 14.3. The Hall–Kier alpha value is -2.90. The summed E-state index contributed by atoms with van der Waals surface area (Å²) in [6.45, 7) is 3.91. The lowest BCUT2D eigenvalue weighted by Gasteiger charge is -2.19. The lowest BCUT2D eigenvalue weighted by atomic mass is 10.2. The fraction of sp³-hybridized carbons (Fsp3) is 0.412. The first kappa shape index (κ1) is 18.4. The van der Waals surface area contributed by atoms with Gasteiger partial charge < -0.3 is 19.5 Å². The van der Waals surface area contributed by atoms with Crippen molar-refractivity contribution in [2.45, 2.75) is 20.3 Å². The summed E-state index contributed by atoms with van der Waals surface area (Å²) < 4.78 is 10.1. The van der Waals surface area contributed by atoms with E-state index in [0.717, 1.165) is 5.39 Å². The van der Waals surface area contributed by atoms with Crippen molar-refractivity contribution in [3.05, 3.63) is 30.0 Å². The van der Waals surface area contributed by atoms with Crippen LogP contribution in [-0.4, -0.2) is 54.1 Å². The Labute approximate surface area is 145 Å². The van der Waals surface area contributed by atoms with Crippen LogP contribution in [0.2, 0.25) is 0 Å². The van der Waals surface area contributed by atoms with Gasteiger partial charge in [0.2, 0.25) is 5.91 Å². The van der Waals surface area contributed by atoms with E-state index in [1.165, 1.54) is 4.90 Å². The molecule has 8 heteroatoms. The molecule has 0 atom stereocenters. The maximum atomic E-state index is 12.1. The molecule has 0 aliphatic carbocycles. The van der Waals surface area contributed by atoms with Crippen LogP contribution in [0.1, 0.15) is 19.5 Å². The summed E-state index contributed by atoms with van der Waals surface area (Å²) in [6, 6.07) is 7.17. The molecule has 0 aliphatic heterocycles. The van der Waals surface area contributed by atoms with Gasteiger partial charge in [-0.15, -0.1) is 0 Å². The van der Waals surface area contributed by atoms with Gasteiger partial charge in [-0.1, -0.05) is 17.3 Å². The summed E-state index contributed by atoms with van der Waals surface area (Å²) in [7, 11) is 0. The largest absolute Gasteiger partial charge is 0.455 e. The molecule has 0 spiro atoms. The second-order valence-electron chi connectivity index (χ2n) is 5.32. The predicted molar refractivity (Wildman–Crippen MR) is 89.6 cm³/mol. The fourth-order valence-electron chi connectivity index (χ4n) is 2.29. The number of rotatable bonds is 8. The van der Waals surface area contributed by atoms with Gasteiger partial charge in [0.05, 0.1) is 13.0 Å². The molecule has 0 unspecified atom stereocenters. The minimum absolute atomic E-state index is 0.0609. The molecule has 0 aliphatic rings. The Bertz CT molecular complexity index is 756. The number of benzene rings is 1. The molecule has 2 amide bonds. The van der Waals surface area contributed by atoms with Crippen molar-refractivity contribution in [3.8, 4) is 0 Å². The first-order valence-electron chi connectivity index (χ1n) is 8.08. The second-order valence-corrected chi connectivity index (χ2v) is 5.32. The van der Waals surface area contributed by atoms with Crippen molar-refractivity contribution >= 4 is 28.8 Å². The SMILES string of the molecule is CCNC(=O)CN(CC)C(=O)COC(=O)Cc1noc2ccccc12. The maximum absolute atomic E-state index is 12.1. The molecule has 0 bridgehead atoms. The van der Waals surface area contributed by atoms with Crippen LogP contribution in [0.3, 0.4) is 0 Å². The van der Waals surface area contributed by atoms with Gasteiger partial charge in [0.25, 0.3) is 5.91 Å². The zero-order chi connectivity index (χ0) is 18.2. The third-order valence-electron chi connectivity index (χ3n) is 3.56. The van der Waals surface area contributed by atoms with Crippen molar-refractivity contribution in [2.24, 2.45) is 0 Å². The molecule has 134 valence electrons. The van der Waals surface area contributed by atoms with E-state index < -0.39 is 18.5 Å². The molecule has 2 aromatic rings. The number of amides is 2. The van der Waals surface area contributed by atoms with Crippen LogP contribution in [0.15, 0.2) is 28.8 Å². The van der Waals surface area contributed by atoms with Gasteiger partial charge in [0.1, 0.15) is 5.69 Å². The number of fused-ring (bicyclic) bond motifs is 1. The van der Waals surface area contributed by atoms with Crippen LogP contribution >= 0.6 is 0 Å². The monoisotopic (exact) mass is 347 g/mol. The quantitative estimate of drug-likeness (QED) is 0.712. The van der Waals surface area contributed by atoms with Crippen molar-refractivity contribution in [1.29, 1.82) is 0 Å². The van der Waals surface area contributed by atoms with E-state index in [1.54, 1.807) is 26.0 Å². The predicted octanol–water partition coefficient (Wildman–Crippen LogP) is 0.898. The first-order chi connectivity index (χ1) is 12.0. The van der Waals surface area contributed by atoms with Crippen molar-refractivity contribution in [3.63, 3.8) is 0 Å². The smallest absolute Gasteiger partial charge is 0.312 e. The molecule has 1 aromatic heterocycles. The Balaban J connectivity index is 1.86. The molecule has 0 radical (unpaired) electrons. The summed E-state index contributed by atoms with van der Waals surface area (Å²) in [5, 5.41) is 7.20. The highest BCUT2D eigenvalue weighted by Crippen LogP contribution is 2.18. The van der Waals surface area contributed by atoms with E-state index >= 15 is 0 Å². The van der Waals surface area contributed by atoms with Crippen LogP contribution in [-0.2, 0) is 25.5 Å². The van der Waals surface area contributed by atoms with Gasteiger partial charge in [-0.2, -0.15) is 0 Å². The Morgan fingerprint density at radius 2 is 2.00 bits per heavy atom. The molecule has 1 N–H and O–H groups in total. The summed E-state index contributed by atoms with van der Waals surface area (Å²) in [5.74, 6) is -1.26. The highest BCUT2D eigenvalue weighted by Gasteiger charge is 2.18. The number of carbonyl (C=O) groups excluding carboxylic acids is 3. The van der Waals surface area contributed by atoms with E-state index in [9.17, 15) is 14.4 Å². The summed E-state index contributed by atoms with van der Waals surface area (Å²) in [4.78, 5) is 36.9. The van der Waals surface area contributed by atoms with Crippen LogP contribution in [0.4, 0.5) is 0 Å². The molecule has 25 heavy (non-hydrogen) atoms. The molecule has 8 nitrogen and oxygen atoms in total. The van der Waals surface area contributed by atoms with Crippen molar-refractivity contribution < 1.29 is 23.6 Å². The van der Waals surface area contributed by atoms with E-state index in [1.807, 2.05) is 12.1 Å². The van der Waals surface area contributed by atoms with Gasteiger partial charge in [-0.3, -0.25) is 14.4 Å². The number of carbonyl (C=O) groups is 3. The third-order valence-corrected chi connectivity index (χ3v) is 3.56. The minimum atomic E-state index is -0.582. The molecule has 1 heterocycles. The highest BCUT2D eigenvalue weighted by atomic mass is 16.5. The fourth-order valence-corrected chi connectivity index (χ4v) is 2.29. The molecule has 2 rings (SSSR count). The highest BCUT2D eigenvalue weighted by molar-refractivity contribution is 5.87. The minimum Gasteiger partial charge on any atom is -0.455 e. The number of ether oxygens (including phenoxy) is 1. The molecule has 0 saturated carbocycles. The van der Waals surface area contributed by atoms with E-state index in [2.05, 4.69) is 10.5 Å². The first-order valence-corrected chi connectivity index (χ1v) is 8.08. The third kappa shape index (κ3) is 5.03. The maximum Gasteiger partial charge on any atom is 0.312 e. The Kier molecular flexibility index (Phi) is 6.50. The molecule has 0 saturated heterocycles. The number of para-hydroxylation sites is 1. The number of nitrogens with one attached hydrogen (secondary N) is 1. The van der Waals surface area contributed by atoms with E-state index in [4.69, 9.17) is 9.26 Å². The van der Waals surface area contributed by atoms with Crippen molar-refractivity contribution in [2.75, 3.05) is 26.2 Å². The summed E-state index contributed by atoms with van der Waals surface area (Å²) >= 11 is 0. The molecule has 0 fully saturated rings. The summed E-state index contributed by atoms with van der Waals surface area (Å²) in [5.41, 5.74) is 1.04. The average Bonchev–Trinajstić information content (AvgIpc) is 3.01. The number of aromatic nitrogens is 1. The lowest BCUT2D eigenvalue weighted by Crippen LogP contribution is -2.42. The van der Waals surface area contributed by atoms with Gasteiger partial charge in [-0.05, 0) is 26.0 Å². The van der Waals surface area contributed by atoms with E-state index in [0.29, 0.717) is 24.4 Å². The topological polar surface area (TPSA) is 102 Å². The Morgan fingerprint density at radius 3 is 2.72 bits per heavy atom. The average molecular weight is 347 g/mol. The van der Waals surface area contributed by atoms with Crippen LogP contribution in [0.25, 0.3) is 11.0 Å². The normalized spacial score (nSPS) is 10.5. The summed E-state index contributed by atoms with van der Waals surface area (Å²) in [6.07, 6.45) is -0.0905. The lowest BCUT2D eigenvalue weighted by molar-refractivity contribution is -0.152. The number of likely N-dealkylation sites (N-methyl/N-ethyl adjacent to an activating group) is 2. The van der Waals surface area contributed by atoms with Gasteiger partial charge in [0, 0.05) is 18.5 Å². The number of nitrogens with zero attached hydrogens (tertiary/aromatic N) is 2. The Morgan fingerprint density at radius 1 is 1.24 bits per heavy atom. The molecular formula is C17H21N3O5. The van der Waals surface area contributed by atoms with Gasteiger partial charge in [0.15, 0.2) is 12.2 Å². The van der Waals surface area contributed by atoms with Crippen LogP contribution in [0, 0.1) is 0 Å². The van der Waals surface area contributed by atoms with Crippen LogP contribution < -0.4 is 5.32 Å². The number of esters is 1. The zero-order valence-corrected chi connectivity index (χ0v) is 14.3. The van der Waals surface area contributed by atoms with E-state index in [-0.39, 0.29) is 18.9 Å². The van der Waals surface area contributed by atoms with Crippen molar-refractivity contribution in [1.82, 2.24) is 15.4 Å². The number of hydrogen-bond acceptors (Lipinski definition) is 6. The second kappa shape index (κ2) is 8.81. The number of hydrogen-bond donors (Lipinski definition) is 1.